The van der Waals surface area contributed by atoms with E-state index in [2.05, 4.69) is 53.7 Å². The third-order valence-electron chi connectivity index (χ3n) is 9.38. The summed E-state index contributed by atoms with van der Waals surface area (Å²) in [6.07, 6.45) is 17.6. The zero-order chi connectivity index (χ0) is 23.3. The first-order valence-electron chi connectivity index (χ1n) is 13.2. The number of ketones is 2. The van der Waals surface area contributed by atoms with Gasteiger partial charge < -0.3 is 0 Å². The molecule has 0 amide bonds. The van der Waals surface area contributed by atoms with E-state index in [4.69, 9.17) is 0 Å². The van der Waals surface area contributed by atoms with Crippen molar-refractivity contribution < 1.29 is 9.59 Å². The fraction of sp³-hybridized carbons (Fsp3) is 0.793. The van der Waals surface area contributed by atoms with E-state index in [1.54, 1.807) is 0 Å². The van der Waals surface area contributed by atoms with Crippen LogP contribution in [-0.4, -0.2) is 19.4 Å². The van der Waals surface area contributed by atoms with E-state index in [1.165, 1.54) is 65.8 Å². The number of unbranched alkanes of at least 4 members (excludes halogenated alkanes) is 2. The number of hydrogen-bond donors (Lipinski definition) is 0. The normalized spacial score (nSPS) is 37.4. The van der Waals surface area contributed by atoms with Crippen LogP contribution in [0.4, 0.5) is 0 Å². The van der Waals surface area contributed by atoms with Crippen molar-refractivity contribution in [2.24, 2.45) is 34.5 Å². The standard InChI is InChI=1S/C29H45IO2/c1-7-8-9-15-27(2,3)19-20-11-10-16-29(6)26(20)24(31)18-23-21-12-13-25(32)28(4,5)22(21)14-17-30(23)29/h12-13,18,20-22,26H,7-11,14-17,19H2,1-6H3/t20?,21?,22-,26?,29-/m1/s1. The van der Waals surface area contributed by atoms with Crippen molar-refractivity contribution in [3.05, 3.63) is 21.8 Å². The average molecular weight is 553 g/mol. The number of hydrogen-bond acceptors (Lipinski definition) is 2. The molecule has 180 valence electrons. The minimum atomic E-state index is -1.48. The van der Waals surface area contributed by atoms with Crippen molar-refractivity contribution in [2.75, 3.05) is 4.43 Å². The van der Waals surface area contributed by atoms with Gasteiger partial charge in [-0.15, -0.1) is 0 Å². The molecule has 0 bridgehead atoms. The number of allylic oxidation sites excluding steroid dienone is 4. The van der Waals surface area contributed by atoms with Crippen molar-refractivity contribution >= 4 is 31.4 Å². The van der Waals surface area contributed by atoms with Gasteiger partial charge in [0, 0.05) is 0 Å². The summed E-state index contributed by atoms with van der Waals surface area (Å²) in [4.78, 5) is 26.4. The maximum atomic E-state index is 13.8. The molecule has 1 saturated carbocycles. The Hall–Kier alpha value is -0.450. The average Bonchev–Trinajstić information content (AvgIpc) is 2.70. The predicted octanol–water partition coefficient (Wildman–Crippen LogP) is 7.93. The van der Waals surface area contributed by atoms with E-state index >= 15 is 0 Å². The van der Waals surface area contributed by atoms with Crippen molar-refractivity contribution in [3.8, 4) is 0 Å². The van der Waals surface area contributed by atoms with Gasteiger partial charge in [-0.1, -0.05) is 0 Å². The molecule has 2 aliphatic carbocycles. The number of halogens is 1. The SMILES string of the molecule is CCCCCC(C)(C)CC1CCC[C@]2(C)C1C(=O)C=C1C3C=CC(=O)C(C)(C)[C@@H]3CCI12. The van der Waals surface area contributed by atoms with Gasteiger partial charge in [-0.25, -0.2) is 0 Å². The second-order valence-electron chi connectivity index (χ2n) is 12.6. The Balaban J connectivity index is 1.62. The fourth-order valence-electron chi connectivity index (χ4n) is 7.53. The Morgan fingerprint density at radius 2 is 1.88 bits per heavy atom. The van der Waals surface area contributed by atoms with Crippen LogP contribution in [0.1, 0.15) is 99.3 Å². The molecule has 4 rings (SSSR count). The Morgan fingerprint density at radius 1 is 1.12 bits per heavy atom. The van der Waals surface area contributed by atoms with E-state index < -0.39 is 19.8 Å². The van der Waals surface area contributed by atoms with Crippen LogP contribution in [-0.2, 0) is 9.59 Å². The molecular formula is C29H45IO2. The summed E-state index contributed by atoms with van der Waals surface area (Å²) in [5, 5.41) is 0. The van der Waals surface area contributed by atoms with Gasteiger partial charge in [-0.3, -0.25) is 0 Å². The summed E-state index contributed by atoms with van der Waals surface area (Å²) in [6, 6.07) is 0. The van der Waals surface area contributed by atoms with Gasteiger partial charge >= 0.3 is 204 Å². The van der Waals surface area contributed by atoms with Gasteiger partial charge in [0.25, 0.3) is 0 Å². The third-order valence-corrected chi connectivity index (χ3v) is 17.8. The van der Waals surface area contributed by atoms with E-state index in [0.717, 1.165) is 0 Å². The fourth-order valence-corrected chi connectivity index (χ4v) is 17.0. The third kappa shape index (κ3) is 4.22. The van der Waals surface area contributed by atoms with Crippen molar-refractivity contribution in [3.63, 3.8) is 0 Å². The minimum absolute atomic E-state index is 0.248. The van der Waals surface area contributed by atoms with Gasteiger partial charge in [-0.05, 0) is 0 Å². The Kier molecular flexibility index (Phi) is 6.91. The number of rotatable bonds is 6. The molecule has 4 aliphatic rings. The molecule has 1 saturated heterocycles. The van der Waals surface area contributed by atoms with Crippen LogP contribution in [0.25, 0.3) is 0 Å². The predicted molar refractivity (Wildman–Crippen MR) is 143 cm³/mol. The topological polar surface area (TPSA) is 34.1 Å². The molecule has 5 atom stereocenters. The summed E-state index contributed by atoms with van der Waals surface area (Å²) < 4.78 is 3.07. The summed E-state index contributed by atoms with van der Waals surface area (Å²) in [7, 11) is 0. The first-order chi connectivity index (χ1) is 15.0. The van der Waals surface area contributed by atoms with Gasteiger partial charge in [0.1, 0.15) is 0 Å². The second-order valence-corrected chi connectivity index (χ2v) is 19.4. The zero-order valence-electron chi connectivity index (χ0n) is 21.3. The van der Waals surface area contributed by atoms with Crippen LogP contribution >= 0.6 is 19.8 Å². The van der Waals surface area contributed by atoms with Gasteiger partial charge in [0.15, 0.2) is 0 Å². The quantitative estimate of drug-likeness (QED) is 0.191. The van der Waals surface area contributed by atoms with Gasteiger partial charge in [0.2, 0.25) is 0 Å². The molecular weight excluding hydrogens is 507 g/mol. The van der Waals surface area contributed by atoms with Crippen LogP contribution in [0.5, 0.6) is 0 Å². The van der Waals surface area contributed by atoms with Gasteiger partial charge in [-0.2, -0.15) is 0 Å². The number of carbonyl (C=O) groups excluding carboxylic acids is 2. The number of fused-ring (bicyclic) bond motifs is 5. The molecule has 0 aromatic heterocycles. The summed E-state index contributed by atoms with van der Waals surface area (Å²) in [6.45, 7) is 14.0. The molecule has 0 aromatic carbocycles. The summed E-state index contributed by atoms with van der Waals surface area (Å²) in [5.74, 6) is 2.25. The Morgan fingerprint density at radius 3 is 2.59 bits per heavy atom. The number of alkyl halides is 2. The molecule has 2 heterocycles. The molecule has 2 aliphatic heterocycles. The first kappa shape index (κ1) is 24.7. The van der Waals surface area contributed by atoms with E-state index in [1.807, 2.05) is 6.08 Å². The van der Waals surface area contributed by atoms with Crippen molar-refractivity contribution in [1.29, 1.82) is 0 Å². The molecule has 32 heavy (non-hydrogen) atoms. The van der Waals surface area contributed by atoms with Crippen LogP contribution in [0.15, 0.2) is 21.8 Å². The van der Waals surface area contributed by atoms with Crippen molar-refractivity contribution in [2.45, 2.75) is 103 Å². The zero-order valence-corrected chi connectivity index (χ0v) is 23.5. The maximum absolute atomic E-state index is 13.8. The molecule has 3 unspecified atom stereocenters. The Bertz CT molecular complexity index is 819. The summed E-state index contributed by atoms with van der Waals surface area (Å²) >= 11 is -1.48. The van der Waals surface area contributed by atoms with Crippen LogP contribution in [0.2, 0.25) is 0 Å². The van der Waals surface area contributed by atoms with E-state index in [-0.39, 0.29) is 20.5 Å². The monoisotopic (exact) mass is 552 g/mol. The second kappa shape index (κ2) is 8.96. The molecule has 2 fully saturated rings. The molecule has 3 heteroatoms. The Labute approximate surface area is 203 Å². The van der Waals surface area contributed by atoms with Crippen molar-refractivity contribution in [1.82, 2.24) is 0 Å². The first-order valence-corrected chi connectivity index (χ1v) is 16.8. The molecule has 0 radical (unpaired) electrons. The van der Waals surface area contributed by atoms with E-state index in [0.29, 0.717) is 29.0 Å². The summed E-state index contributed by atoms with van der Waals surface area (Å²) in [5.41, 5.74) is 0.0426. The van der Waals surface area contributed by atoms with Crippen LogP contribution in [0, 0.1) is 34.5 Å². The van der Waals surface area contributed by atoms with Crippen LogP contribution in [0.3, 0.4) is 0 Å². The molecule has 0 spiro atoms. The molecule has 0 N–H and O–H groups in total. The van der Waals surface area contributed by atoms with E-state index in [9.17, 15) is 9.59 Å². The van der Waals surface area contributed by atoms with Gasteiger partial charge in [0.05, 0.1) is 0 Å². The number of carbonyl (C=O) groups is 2. The molecule has 0 aromatic rings. The molecule has 2 nitrogen and oxygen atoms in total. The van der Waals surface area contributed by atoms with Crippen LogP contribution < -0.4 is 0 Å².